The van der Waals surface area contributed by atoms with Crippen LogP contribution in [0.15, 0.2) is 48.5 Å². The summed E-state index contributed by atoms with van der Waals surface area (Å²) in [5, 5.41) is 21.8. The Morgan fingerprint density at radius 3 is 2.44 bits per heavy atom. The summed E-state index contributed by atoms with van der Waals surface area (Å²) >= 11 is 0. The van der Waals surface area contributed by atoms with E-state index < -0.39 is 0 Å². The lowest BCUT2D eigenvalue weighted by atomic mass is 10.1. The topological polar surface area (TPSA) is 52.5 Å². The zero-order valence-corrected chi connectivity index (χ0v) is 10.1. The van der Waals surface area contributed by atoms with Gasteiger partial charge < -0.3 is 15.5 Å². The first kappa shape index (κ1) is 12.5. The molecule has 0 saturated heterocycles. The van der Waals surface area contributed by atoms with E-state index in [1.54, 1.807) is 12.1 Å². The standard InChI is InChI=1S/C15H17NO2/c17-11-13-6-7-14(10-15(13)18)16-9-8-12-4-2-1-3-5-12/h1-7,10,16-18H,8-9,11H2. The van der Waals surface area contributed by atoms with Crippen molar-refractivity contribution in [2.75, 3.05) is 11.9 Å². The van der Waals surface area contributed by atoms with Crippen molar-refractivity contribution in [2.24, 2.45) is 0 Å². The highest BCUT2D eigenvalue weighted by Gasteiger charge is 2.01. The van der Waals surface area contributed by atoms with Gasteiger partial charge in [-0.05, 0) is 18.1 Å². The molecule has 0 aliphatic carbocycles. The third-order valence-corrected chi connectivity index (χ3v) is 2.84. The number of phenols is 1. The highest BCUT2D eigenvalue weighted by molar-refractivity contribution is 5.51. The van der Waals surface area contributed by atoms with Crippen LogP contribution in [0.25, 0.3) is 0 Å². The summed E-state index contributed by atoms with van der Waals surface area (Å²) in [5.74, 6) is 0.127. The van der Waals surface area contributed by atoms with E-state index in [2.05, 4.69) is 17.4 Å². The lowest BCUT2D eigenvalue weighted by Gasteiger charge is -2.08. The number of hydrogen-bond acceptors (Lipinski definition) is 3. The minimum Gasteiger partial charge on any atom is -0.508 e. The molecule has 0 aromatic heterocycles. The number of aromatic hydroxyl groups is 1. The molecule has 0 radical (unpaired) electrons. The molecule has 0 aliphatic rings. The van der Waals surface area contributed by atoms with E-state index in [0.717, 1.165) is 18.7 Å². The Kier molecular flexibility index (Phi) is 4.20. The maximum atomic E-state index is 9.61. The lowest BCUT2D eigenvalue weighted by Crippen LogP contribution is -2.04. The Bertz CT molecular complexity index is 497. The maximum absolute atomic E-state index is 9.61. The molecule has 0 fully saturated rings. The summed E-state index contributed by atoms with van der Waals surface area (Å²) in [6, 6.07) is 15.5. The van der Waals surface area contributed by atoms with E-state index in [1.807, 2.05) is 24.3 Å². The largest absolute Gasteiger partial charge is 0.508 e. The average Bonchev–Trinajstić information content (AvgIpc) is 2.40. The minimum atomic E-state index is -0.143. The second-order valence-corrected chi connectivity index (χ2v) is 4.16. The van der Waals surface area contributed by atoms with Gasteiger partial charge in [0.25, 0.3) is 0 Å². The van der Waals surface area contributed by atoms with Gasteiger partial charge in [-0.2, -0.15) is 0 Å². The third-order valence-electron chi connectivity index (χ3n) is 2.84. The van der Waals surface area contributed by atoms with Gasteiger partial charge in [-0.15, -0.1) is 0 Å². The number of rotatable bonds is 5. The highest BCUT2D eigenvalue weighted by atomic mass is 16.3. The minimum absolute atomic E-state index is 0.127. The first-order valence-corrected chi connectivity index (χ1v) is 6.00. The maximum Gasteiger partial charge on any atom is 0.123 e. The quantitative estimate of drug-likeness (QED) is 0.756. The lowest BCUT2D eigenvalue weighted by molar-refractivity contribution is 0.275. The van der Waals surface area contributed by atoms with Crippen LogP contribution in [0, 0.1) is 0 Å². The van der Waals surface area contributed by atoms with Crippen molar-refractivity contribution in [1.82, 2.24) is 0 Å². The average molecular weight is 243 g/mol. The molecule has 0 unspecified atom stereocenters. The predicted octanol–water partition coefficient (Wildman–Crippen LogP) is 2.54. The van der Waals surface area contributed by atoms with Crippen LogP contribution >= 0.6 is 0 Å². The van der Waals surface area contributed by atoms with E-state index in [0.29, 0.717) is 5.56 Å². The summed E-state index contributed by atoms with van der Waals surface area (Å²) in [7, 11) is 0. The van der Waals surface area contributed by atoms with Crippen LogP contribution in [-0.2, 0) is 13.0 Å². The molecular formula is C15H17NO2. The Morgan fingerprint density at radius 1 is 1.00 bits per heavy atom. The molecule has 3 N–H and O–H groups in total. The Labute approximate surface area is 107 Å². The van der Waals surface area contributed by atoms with Gasteiger partial charge in [0.05, 0.1) is 6.61 Å². The number of anilines is 1. The molecule has 0 saturated carbocycles. The van der Waals surface area contributed by atoms with Crippen LogP contribution < -0.4 is 5.32 Å². The van der Waals surface area contributed by atoms with Crippen LogP contribution in [0.2, 0.25) is 0 Å². The van der Waals surface area contributed by atoms with E-state index in [1.165, 1.54) is 5.56 Å². The molecule has 2 rings (SSSR count). The fourth-order valence-corrected chi connectivity index (χ4v) is 1.80. The molecule has 0 atom stereocenters. The Morgan fingerprint density at radius 2 is 1.78 bits per heavy atom. The molecule has 0 bridgehead atoms. The van der Waals surface area contributed by atoms with Crippen molar-refractivity contribution in [3.8, 4) is 5.75 Å². The molecular weight excluding hydrogens is 226 g/mol. The normalized spacial score (nSPS) is 10.3. The number of aliphatic hydroxyl groups excluding tert-OH is 1. The molecule has 0 amide bonds. The van der Waals surface area contributed by atoms with E-state index in [4.69, 9.17) is 5.11 Å². The summed E-state index contributed by atoms with van der Waals surface area (Å²) in [6.45, 7) is 0.665. The van der Waals surface area contributed by atoms with Gasteiger partial charge in [-0.1, -0.05) is 36.4 Å². The molecule has 2 aromatic carbocycles. The molecule has 2 aromatic rings. The van der Waals surface area contributed by atoms with Crippen LogP contribution in [-0.4, -0.2) is 16.8 Å². The van der Waals surface area contributed by atoms with Crippen molar-refractivity contribution in [3.05, 3.63) is 59.7 Å². The van der Waals surface area contributed by atoms with Crippen LogP contribution in [0.4, 0.5) is 5.69 Å². The van der Waals surface area contributed by atoms with Gasteiger partial charge >= 0.3 is 0 Å². The van der Waals surface area contributed by atoms with Gasteiger partial charge in [0.15, 0.2) is 0 Å². The number of aliphatic hydroxyl groups is 1. The summed E-state index contributed by atoms with van der Waals surface area (Å²) < 4.78 is 0. The zero-order chi connectivity index (χ0) is 12.8. The van der Waals surface area contributed by atoms with Crippen molar-refractivity contribution in [1.29, 1.82) is 0 Å². The SMILES string of the molecule is OCc1ccc(NCCc2ccccc2)cc1O. The smallest absolute Gasteiger partial charge is 0.123 e. The second kappa shape index (κ2) is 6.07. The fraction of sp³-hybridized carbons (Fsp3) is 0.200. The van der Waals surface area contributed by atoms with Gasteiger partial charge in [-0.3, -0.25) is 0 Å². The Balaban J connectivity index is 1.89. The van der Waals surface area contributed by atoms with Gasteiger partial charge in [0, 0.05) is 23.9 Å². The van der Waals surface area contributed by atoms with Gasteiger partial charge in [-0.25, -0.2) is 0 Å². The van der Waals surface area contributed by atoms with Crippen LogP contribution in [0.5, 0.6) is 5.75 Å². The number of benzene rings is 2. The van der Waals surface area contributed by atoms with Crippen molar-refractivity contribution in [2.45, 2.75) is 13.0 Å². The van der Waals surface area contributed by atoms with E-state index >= 15 is 0 Å². The summed E-state index contributed by atoms with van der Waals surface area (Å²) in [6.07, 6.45) is 0.934. The highest BCUT2D eigenvalue weighted by Crippen LogP contribution is 2.21. The molecule has 3 heteroatoms. The molecule has 18 heavy (non-hydrogen) atoms. The Hall–Kier alpha value is -2.00. The van der Waals surface area contributed by atoms with Gasteiger partial charge in [0.1, 0.15) is 5.75 Å². The number of hydrogen-bond donors (Lipinski definition) is 3. The second-order valence-electron chi connectivity index (χ2n) is 4.16. The third kappa shape index (κ3) is 3.25. The van der Waals surface area contributed by atoms with Crippen LogP contribution in [0.1, 0.15) is 11.1 Å². The van der Waals surface area contributed by atoms with Crippen LogP contribution in [0.3, 0.4) is 0 Å². The molecule has 0 aliphatic heterocycles. The van der Waals surface area contributed by atoms with Crippen molar-refractivity contribution in [3.63, 3.8) is 0 Å². The van der Waals surface area contributed by atoms with E-state index in [-0.39, 0.29) is 12.4 Å². The number of nitrogens with one attached hydrogen (secondary N) is 1. The molecule has 0 heterocycles. The monoisotopic (exact) mass is 243 g/mol. The molecule has 94 valence electrons. The van der Waals surface area contributed by atoms with Crippen molar-refractivity contribution < 1.29 is 10.2 Å². The molecule has 3 nitrogen and oxygen atoms in total. The van der Waals surface area contributed by atoms with Gasteiger partial charge in [0.2, 0.25) is 0 Å². The molecule has 0 spiro atoms. The predicted molar refractivity (Wildman–Crippen MR) is 72.7 cm³/mol. The van der Waals surface area contributed by atoms with E-state index in [9.17, 15) is 5.11 Å². The zero-order valence-electron chi connectivity index (χ0n) is 10.1. The summed E-state index contributed by atoms with van der Waals surface area (Å²) in [5.41, 5.74) is 2.69. The first-order chi connectivity index (χ1) is 8.79. The summed E-state index contributed by atoms with van der Waals surface area (Å²) in [4.78, 5) is 0. The fourth-order valence-electron chi connectivity index (χ4n) is 1.80. The van der Waals surface area contributed by atoms with Crippen molar-refractivity contribution >= 4 is 5.69 Å². The first-order valence-electron chi connectivity index (χ1n) is 6.00.